The van der Waals surface area contributed by atoms with Crippen LogP contribution in [0.15, 0.2) is 0 Å². The van der Waals surface area contributed by atoms with Crippen LogP contribution < -0.4 is 0 Å². The Kier molecular flexibility index (Phi) is 15.1. The van der Waals surface area contributed by atoms with E-state index in [0.717, 1.165) is 100 Å². The highest BCUT2D eigenvalue weighted by Crippen LogP contribution is 2.31. The molecule has 6 heteroatoms. The summed E-state index contributed by atoms with van der Waals surface area (Å²) in [6.07, 6.45) is 27.9. The van der Waals surface area contributed by atoms with Crippen LogP contribution >= 0.6 is 0 Å². The van der Waals surface area contributed by atoms with Crippen LogP contribution in [0, 0.1) is 11.8 Å². The first-order valence-corrected chi connectivity index (χ1v) is 16.6. The second kappa shape index (κ2) is 18.3. The van der Waals surface area contributed by atoms with Gasteiger partial charge >= 0.3 is 0 Å². The fourth-order valence-corrected chi connectivity index (χ4v) is 7.18. The summed E-state index contributed by atoms with van der Waals surface area (Å²) in [6, 6.07) is -1.03. The molecule has 0 aromatic carbocycles. The lowest BCUT2D eigenvalue weighted by molar-refractivity contribution is -0.218. The molecule has 3 fully saturated rings. The molecule has 0 aliphatic heterocycles. The van der Waals surface area contributed by atoms with Gasteiger partial charge in [-0.3, -0.25) is 20.0 Å². The first kappa shape index (κ1) is 31.4. The predicted octanol–water partition coefficient (Wildman–Crippen LogP) is 8.58. The van der Waals surface area contributed by atoms with Crippen LogP contribution in [0.5, 0.6) is 0 Å². The molecule has 1 unspecified atom stereocenters. The Labute approximate surface area is 232 Å². The van der Waals surface area contributed by atoms with Crippen molar-refractivity contribution in [3.63, 3.8) is 0 Å². The van der Waals surface area contributed by atoms with Crippen LogP contribution in [0.4, 0.5) is 0 Å². The van der Waals surface area contributed by atoms with Crippen molar-refractivity contribution >= 4 is 11.8 Å². The number of hydrogen-bond donors (Lipinski definition) is 2. The molecule has 220 valence electrons. The van der Waals surface area contributed by atoms with E-state index in [9.17, 15) is 20.0 Å². The molecule has 2 amide bonds. The first-order valence-electron chi connectivity index (χ1n) is 16.6. The van der Waals surface area contributed by atoms with E-state index in [1.165, 1.54) is 64.2 Å². The zero-order valence-electron chi connectivity index (χ0n) is 24.3. The fraction of sp³-hybridized carbons (Fsp3) is 0.938. The molecule has 3 saturated carbocycles. The molecule has 3 aliphatic carbocycles. The first-order chi connectivity index (χ1) is 18.6. The lowest BCUT2D eigenvalue weighted by atomic mass is 9.86. The van der Waals surface area contributed by atoms with Gasteiger partial charge < -0.3 is 0 Å². The van der Waals surface area contributed by atoms with E-state index < -0.39 is 12.1 Å². The highest BCUT2D eigenvalue weighted by molar-refractivity contribution is 5.79. The maximum absolute atomic E-state index is 13.6. The monoisotopic (exact) mass is 534 g/mol. The minimum atomic E-state index is -0.516. The molecule has 0 saturated heterocycles. The molecular weight excluding hydrogens is 476 g/mol. The third-order valence-electron chi connectivity index (χ3n) is 9.68. The largest absolute Gasteiger partial charge is 0.286 e. The molecule has 0 aromatic rings. The number of carbonyl (C=O) groups is 2. The van der Waals surface area contributed by atoms with Gasteiger partial charge in [-0.1, -0.05) is 128 Å². The molecule has 38 heavy (non-hydrogen) atoms. The van der Waals surface area contributed by atoms with Crippen molar-refractivity contribution in [2.45, 2.75) is 179 Å². The van der Waals surface area contributed by atoms with Crippen molar-refractivity contribution in [3.8, 4) is 0 Å². The average molecular weight is 535 g/mol. The van der Waals surface area contributed by atoms with E-state index in [4.69, 9.17) is 0 Å². The molecule has 6 nitrogen and oxygen atoms in total. The summed E-state index contributed by atoms with van der Waals surface area (Å²) in [6.45, 7) is 0. The minimum absolute atomic E-state index is 0.156. The minimum Gasteiger partial charge on any atom is -0.286 e. The van der Waals surface area contributed by atoms with Crippen molar-refractivity contribution in [1.29, 1.82) is 0 Å². The van der Waals surface area contributed by atoms with Crippen molar-refractivity contribution in [2.24, 2.45) is 11.8 Å². The van der Waals surface area contributed by atoms with Gasteiger partial charge in [0.25, 0.3) is 0 Å². The smallest absolute Gasteiger partial charge is 0.249 e. The Bertz CT molecular complexity index is 592. The second-order valence-electron chi connectivity index (χ2n) is 12.7. The van der Waals surface area contributed by atoms with Gasteiger partial charge in [-0.2, -0.15) is 0 Å². The quantitative estimate of drug-likeness (QED) is 0.279. The number of amides is 2. The molecule has 3 rings (SSSR count). The van der Waals surface area contributed by atoms with Gasteiger partial charge in [0.15, 0.2) is 0 Å². The van der Waals surface area contributed by atoms with Gasteiger partial charge in [-0.25, -0.2) is 10.1 Å². The summed E-state index contributed by atoms with van der Waals surface area (Å²) in [5.74, 6) is -0.691. The Morgan fingerprint density at radius 3 is 0.842 bits per heavy atom. The lowest BCUT2D eigenvalue weighted by Crippen LogP contribution is -2.56. The van der Waals surface area contributed by atoms with E-state index >= 15 is 0 Å². The Balaban J connectivity index is 1.62. The maximum Gasteiger partial charge on any atom is 0.249 e. The summed E-state index contributed by atoms with van der Waals surface area (Å²) in [7, 11) is 0. The van der Waals surface area contributed by atoms with Crippen LogP contribution in [0.3, 0.4) is 0 Å². The van der Waals surface area contributed by atoms with Crippen LogP contribution in [0.2, 0.25) is 0 Å². The summed E-state index contributed by atoms with van der Waals surface area (Å²) in [5.41, 5.74) is 0. The zero-order chi connectivity index (χ0) is 27.0. The standard InChI is InChI=1S/C32H58N2O4/c35-31(27-21-15-11-7-3-1-4-8-12-16-22-27)33(37)29-25-19-20-26-30(29)34(38)32(36)28-23-17-13-9-5-2-6-10-14-18-24-28/h27-30,37-38H,1-26H2/t29-,30?/m1/s1. The maximum atomic E-state index is 13.6. The average Bonchev–Trinajstić information content (AvgIpc) is 2.92. The van der Waals surface area contributed by atoms with Crippen LogP contribution in [-0.2, 0) is 9.59 Å². The fourth-order valence-electron chi connectivity index (χ4n) is 7.18. The third-order valence-corrected chi connectivity index (χ3v) is 9.68. The predicted molar refractivity (Wildman–Crippen MR) is 152 cm³/mol. The summed E-state index contributed by atoms with van der Waals surface area (Å²) >= 11 is 0. The molecule has 0 radical (unpaired) electrons. The summed E-state index contributed by atoms with van der Waals surface area (Å²) in [5, 5.41) is 24.4. The van der Waals surface area contributed by atoms with Gasteiger partial charge in [0.1, 0.15) is 0 Å². The Morgan fingerprint density at radius 1 is 0.368 bits per heavy atom. The molecule has 3 aliphatic rings. The zero-order valence-corrected chi connectivity index (χ0v) is 24.3. The molecule has 0 aromatic heterocycles. The van der Waals surface area contributed by atoms with Crippen molar-refractivity contribution in [1.82, 2.24) is 10.1 Å². The Morgan fingerprint density at radius 2 is 0.579 bits per heavy atom. The highest BCUT2D eigenvalue weighted by atomic mass is 16.5. The van der Waals surface area contributed by atoms with Crippen LogP contribution in [0.25, 0.3) is 0 Å². The number of hydroxylamine groups is 4. The molecule has 2 N–H and O–H groups in total. The lowest BCUT2D eigenvalue weighted by Gasteiger charge is -2.41. The van der Waals surface area contributed by atoms with Crippen molar-refractivity contribution < 1.29 is 20.0 Å². The summed E-state index contributed by atoms with van der Waals surface area (Å²) in [4.78, 5) is 27.1. The number of hydrogen-bond acceptors (Lipinski definition) is 4. The van der Waals surface area contributed by atoms with Crippen LogP contribution in [-0.4, -0.2) is 44.4 Å². The third kappa shape index (κ3) is 10.4. The van der Waals surface area contributed by atoms with E-state index in [-0.39, 0.29) is 23.7 Å². The number of carbonyl (C=O) groups excluding carboxylic acids is 2. The molecule has 0 spiro atoms. The van der Waals surface area contributed by atoms with Gasteiger partial charge in [0, 0.05) is 11.8 Å². The van der Waals surface area contributed by atoms with E-state index in [1.54, 1.807) is 0 Å². The molecule has 0 bridgehead atoms. The Hall–Kier alpha value is -1.14. The highest BCUT2D eigenvalue weighted by Gasteiger charge is 2.40. The number of rotatable bonds is 4. The van der Waals surface area contributed by atoms with Gasteiger partial charge in [0.05, 0.1) is 12.1 Å². The van der Waals surface area contributed by atoms with Crippen LogP contribution in [0.1, 0.15) is 167 Å². The SMILES string of the molecule is O=C(C1CCCCCCCCCCC1)N(O)C1CCCC[C@H]1N(O)C(=O)C1CCCCCCCCCCC1. The summed E-state index contributed by atoms with van der Waals surface area (Å²) < 4.78 is 0. The van der Waals surface area contributed by atoms with E-state index in [2.05, 4.69) is 0 Å². The number of nitrogens with zero attached hydrogens (tertiary/aromatic N) is 2. The van der Waals surface area contributed by atoms with Gasteiger partial charge in [-0.15, -0.1) is 0 Å². The van der Waals surface area contributed by atoms with E-state index in [1.807, 2.05) is 0 Å². The molecule has 0 heterocycles. The molecular formula is C32H58N2O4. The van der Waals surface area contributed by atoms with Gasteiger partial charge in [-0.05, 0) is 38.5 Å². The van der Waals surface area contributed by atoms with Gasteiger partial charge in [0.2, 0.25) is 11.8 Å². The second-order valence-corrected chi connectivity index (χ2v) is 12.7. The normalized spacial score (nSPS) is 27.1. The topological polar surface area (TPSA) is 81.1 Å². The van der Waals surface area contributed by atoms with Crippen molar-refractivity contribution in [3.05, 3.63) is 0 Å². The van der Waals surface area contributed by atoms with E-state index in [0.29, 0.717) is 12.8 Å². The van der Waals surface area contributed by atoms with Crippen molar-refractivity contribution in [2.75, 3.05) is 0 Å². The molecule has 2 atom stereocenters.